The normalized spacial score (nSPS) is 13.3. The Morgan fingerprint density at radius 2 is 0.710 bits per heavy atom. The molecule has 0 N–H and O–H groups in total. The van der Waals surface area contributed by atoms with E-state index in [-0.39, 0.29) is 5.28 Å². The molecule has 0 radical (unpaired) electrons. The number of hydrogen-bond donors (Lipinski definition) is 0. The molecule has 1 aliphatic heterocycles. The van der Waals surface area contributed by atoms with E-state index in [0.717, 1.165) is 105 Å². The number of halogens is 1. The van der Waals surface area contributed by atoms with E-state index in [4.69, 9.17) is 39.7 Å². The molecule has 18 aromatic rings. The van der Waals surface area contributed by atoms with Gasteiger partial charge in [0.05, 0.1) is 33.4 Å². The van der Waals surface area contributed by atoms with Crippen LogP contribution in [0, 0.1) is 0 Å². The molecule has 0 bridgehead atoms. The molecule has 478 valence electrons. The van der Waals surface area contributed by atoms with E-state index in [9.17, 15) is 0 Å². The van der Waals surface area contributed by atoms with Gasteiger partial charge in [0.2, 0.25) is 16.7 Å². The average molecular weight is 1310 g/mol. The summed E-state index contributed by atoms with van der Waals surface area (Å²) in [5, 5.41) is 13.9. The van der Waals surface area contributed by atoms with E-state index in [1.807, 2.05) is 116 Å². The van der Waals surface area contributed by atoms with Gasteiger partial charge in [-0.25, -0.2) is 9.97 Å². The van der Waals surface area contributed by atoms with Crippen LogP contribution in [-0.4, -0.2) is 48.2 Å². The fourth-order valence-corrected chi connectivity index (χ4v) is 13.9. The van der Waals surface area contributed by atoms with Crippen LogP contribution in [0.2, 0.25) is 5.28 Å². The summed E-state index contributed by atoms with van der Waals surface area (Å²) in [5.74, 6) is 0.609. The number of aromatic nitrogens is 6. The molecule has 100 heavy (non-hydrogen) atoms. The molecule has 7 heterocycles. The standard InChI is InChI=1S/C41H25N3O.C31H28BNO2.C16H9ClN2O/c1-2-11-26(12-3-1)39-38-35-18-8-9-19-37(35)45-41(38)44-40(43-39)31-22-29(28-14-10-20-42-25-28)21-30(23-31)36-24-27-13-4-5-15-32(27)33-16-6-7-17-34(33)36;1-30(2)31(3,4)35-32(34-30)25-17-23(22-11-9-15-33-20-22)16-24(18-25)29-19-21-10-5-6-12-26(21)27-13-7-8-14-28(27)29;17-16-18-14(10-6-2-1-3-7-10)13-11-8-4-5-9-12(11)20-15(13)19-16/h1-25H;5-20H,1-4H3;1-9H. The molecule has 19 rings (SSSR count). The zero-order chi connectivity index (χ0) is 67.5. The fourth-order valence-electron chi connectivity index (χ4n) is 13.8. The first-order valence-corrected chi connectivity index (χ1v) is 33.8. The molecule has 0 saturated carbocycles. The highest BCUT2D eigenvalue weighted by molar-refractivity contribution is 6.62. The third-order valence-electron chi connectivity index (χ3n) is 19.4. The highest BCUT2D eigenvalue weighted by Crippen LogP contribution is 2.44. The third kappa shape index (κ3) is 11.4. The van der Waals surface area contributed by atoms with Crippen molar-refractivity contribution < 1.29 is 18.1 Å². The van der Waals surface area contributed by atoms with Crippen molar-refractivity contribution in [1.29, 1.82) is 0 Å². The van der Waals surface area contributed by atoms with E-state index in [2.05, 4.69) is 224 Å². The summed E-state index contributed by atoms with van der Waals surface area (Å²) in [6, 6.07) is 96.5. The first-order chi connectivity index (χ1) is 48.9. The number of para-hydroxylation sites is 2. The molecule has 1 fully saturated rings. The van der Waals surface area contributed by atoms with Gasteiger partial charge < -0.3 is 18.1 Å². The maximum atomic E-state index is 6.45. The molecule has 10 nitrogen and oxygen atoms in total. The van der Waals surface area contributed by atoms with E-state index >= 15 is 0 Å². The van der Waals surface area contributed by atoms with Crippen molar-refractivity contribution in [2.45, 2.75) is 38.9 Å². The van der Waals surface area contributed by atoms with Crippen molar-refractivity contribution in [2.24, 2.45) is 0 Å². The topological polar surface area (TPSA) is 122 Å². The molecule has 0 spiro atoms. The maximum Gasteiger partial charge on any atom is 0.494 e. The molecule has 1 aliphatic rings. The number of hydrogen-bond acceptors (Lipinski definition) is 10. The number of furan rings is 2. The molecule has 0 unspecified atom stereocenters. The Morgan fingerprint density at radius 3 is 1.22 bits per heavy atom. The Labute approximate surface area is 582 Å². The highest BCUT2D eigenvalue weighted by atomic mass is 35.5. The van der Waals surface area contributed by atoms with Crippen molar-refractivity contribution in [1.82, 2.24) is 29.9 Å². The van der Waals surface area contributed by atoms with Crippen LogP contribution in [0.25, 0.3) is 166 Å². The minimum Gasteiger partial charge on any atom is -0.438 e. The summed E-state index contributed by atoms with van der Waals surface area (Å²) in [7, 11) is -0.443. The summed E-state index contributed by atoms with van der Waals surface area (Å²) in [4.78, 5) is 27.7. The third-order valence-corrected chi connectivity index (χ3v) is 19.5. The number of fused-ring (bicyclic) bond motifs is 12. The lowest BCUT2D eigenvalue weighted by Crippen LogP contribution is -2.41. The summed E-state index contributed by atoms with van der Waals surface area (Å²) < 4.78 is 25.0. The van der Waals surface area contributed by atoms with Gasteiger partial charge in [0, 0.05) is 57.8 Å². The average Bonchev–Trinajstić information content (AvgIpc) is 1.56. The van der Waals surface area contributed by atoms with E-state index in [1.54, 1.807) is 12.4 Å². The number of pyridine rings is 2. The van der Waals surface area contributed by atoms with Crippen LogP contribution < -0.4 is 5.46 Å². The van der Waals surface area contributed by atoms with Crippen LogP contribution in [0.5, 0.6) is 0 Å². The number of rotatable bonds is 8. The summed E-state index contributed by atoms with van der Waals surface area (Å²) in [5.41, 5.74) is 16.2. The quantitative estimate of drug-likeness (QED) is 0.0826. The van der Waals surface area contributed by atoms with Crippen LogP contribution in [0.3, 0.4) is 0 Å². The number of nitrogens with zero attached hydrogens (tertiary/aromatic N) is 6. The summed E-state index contributed by atoms with van der Waals surface area (Å²) in [6.07, 6.45) is 7.42. The fraction of sp³-hybridized carbons (Fsp3) is 0.0682. The van der Waals surface area contributed by atoms with Gasteiger partial charge in [-0.3, -0.25) is 9.97 Å². The van der Waals surface area contributed by atoms with Gasteiger partial charge in [-0.1, -0.05) is 218 Å². The van der Waals surface area contributed by atoms with Crippen LogP contribution in [0.4, 0.5) is 0 Å². The van der Waals surface area contributed by atoms with Gasteiger partial charge in [-0.2, -0.15) is 9.97 Å². The highest BCUT2D eigenvalue weighted by Gasteiger charge is 2.52. The lowest BCUT2D eigenvalue weighted by molar-refractivity contribution is 0.00578. The van der Waals surface area contributed by atoms with Crippen LogP contribution in [0.15, 0.2) is 313 Å². The second-order valence-electron chi connectivity index (χ2n) is 26.1. The van der Waals surface area contributed by atoms with Gasteiger partial charge in [0.25, 0.3) is 0 Å². The van der Waals surface area contributed by atoms with Gasteiger partial charge >= 0.3 is 7.12 Å². The predicted octanol–water partition coefficient (Wildman–Crippen LogP) is 22.5. The molecule has 12 aromatic carbocycles. The smallest absolute Gasteiger partial charge is 0.438 e. The molecular weight excluding hydrogens is 1250 g/mol. The Hall–Kier alpha value is -12.0. The van der Waals surface area contributed by atoms with Gasteiger partial charge in [0.15, 0.2) is 5.82 Å². The predicted molar refractivity (Wildman–Crippen MR) is 409 cm³/mol. The zero-order valence-electron chi connectivity index (χ0n) is 55.1. The number of benzene rings is 12. The SMILES string of the molecule is CC1(C)OB(c2cc(-c3cccnc3)cc(-c3cc4ccccc4c4ccccc34)c2)OC1(C)C.Clc1nc(-c2ccccc2)c2c(n1)oc1ccccc12.c1ccc(-c2nc(-c3cc(-c4cccnc4)cc(-c4cc5ccccc5c5ccccc45)c3)nc3oc4ccccc4c23)cc1. The van der Waals surface area contributed by atoms with Crippen molar-refractivity contribution in [3.05, 3.63) is 309 Å². The zero-order valence-corrected chi connectivity index (χ0v) is 55.9. The van der Waals surface area contributed by atoms with Crippen LogP contribution in [0.1, 0.15) is 27.7 Å². The summed E-state index contributed by atoms with van der Waals surface area (Å²) in [6.45, 7) is 8.37. The molecule has 0 aliphatic carbocycles. The van der Waals surface area contributed by atoms with Crippen molar-refractivity contribution in [2.75, 3.05) is 0 Å². The molecular formula is C88H62BClN6O4. The summed E-state index contributed by atoms with van der Waals surface area (Å²) >= 11 is 6.02. The molecule has 0 atom stereocenters. The van der Waals surface area contributed by atoms with Gasteiger partial charge in [-0.15, -0.1) is 0 Å². The van der Waals surface area contributed by atoms with Crippen LogP contribution in [-0.2, 0) is 9.31 Å². The van der Waals surface area contributed by atoms with E-state index < -0.39 is 18.3 Å². The monoisotopic (exact) mass is 1310 g/mol. The minimum absolute atomic E-state index is 0.190. The Bertz CT molecular complexity index is 6130. The van der Waals surface area contributed by atoms with Gasteiger partial charge in [-0.05, 0) is 187 Å². The Morgan fingerprint density at radius 1 is 0.320 bits per heavy atom. The van der Waals surface area contributed by atoms with Crippen molar-refractivity contribution >= 4 is 111 Å². The van der Waals surface area contributed by atoms with E-state index in [1.165, 1.54) is 48.7 Å². The van der Waals surface area contributed by atoms with E-state index in [0.29, 0.717) is 17.3 Å². The van der Waals surface area contributed by atoms with Crippen LogP contribution >= 0.6 is 11.6 Å². The maximum absolute atomic E-state index is 6.45. The molecule has 6 aromatic heterocycles. The van der Waals surface area contributed by atoms with Crippen molar-refractivity contribution in [3.63, 3.8) is 0 Å². The molecule has 12 heteroatoms. The first-order valence-electron chi connectivity index (χ1n) is 33.4. The lowest BCUT2D eigenvalue weighted by Gasteiger charge is -2.32. The Balaban J connectivity index is 0.000000120. The minimum atomic E-state index is -0.443. The molecule has 0 amide bonds. The lowest BCUT2D eigenvalue weighted by atomic mass is 9.76. The second kappa shape index (κ2) is 25.5. The molecule has 1 saturated heterocycles. The largest absolute Gasteiger partial charge is 0.494 e. The van der Waals surface area contributed by atoms with Gasteiger partial charge in [0.1, 0.15) is 11.2 Å². The second-order valence-corrected chi connectivity index (χ2v) is 26.5. The Kier molecular flexibility index (Phi) is 15.7. The first kappa shape index (κ1) is 61.6. The van der Waals surface area contributed by atoms with Crippen molar-refractivity contribution in [3.8, 4) is 78.4 Å².